The molecule has 0 amide bonds. The van der Waals surface area contributed by atoms with Crippen molar-refractivity contribution in [1.29, 1.82) is 0 Å². The second kappa shape index (κ2) is 5.31. The highest BCUT2D eigenvalue weighted by Gasteiger charge is 2.24. The van der Waals surface area contributed by atoms with Crippen molar-refractivity contribution in [2.24, 2.45) is 0 Å². The molecule has 82 valence electrons. The molecule has 0 fully saturated rings. The smallest absolute Gasteiger partial charge is 0.335 e. The van der Waals surface area contributed by atoms with E-state index < -0.39 is 20.6 Å². The number of rotatable bonds is 5. The fourth-order valence-electron chi connectivity index (χ4n) is 0.808. The average molecular weight is 216 g/mol. The normalized spacial score (nSPS) is 13.5. The summed E-state index contributed by atoms with van der Waals surface area (Å²) in [6, 6.07) is 1.00. The molecule has 0 rings (SSSR count). The van der Waals surface area contributed by atoms with Crippen molar-refractivity contribution in [3.63, 3.8) is 0 Å². The van der Waals surface area contributed by atoms with Crippen molar-refractivity contribution in [2.45, 2.75) is 46.2 Å². The maximum atomic E-state index is 11.1. The third-order valence-corrected chi connectivity index (χ3v) is 4.63. The predicted octanol–water partition coefficient (Wildman–Crippen LogP) is 2.69. The van der Waals surface area contributed by atoms with Crippen LogP contribution in [0.3, 0.4) is 0 Å². The standard InChI is InChI=1S/C10H20O3Si/c1-7-14(5,6)13-9(4)12-10(11)8(2)3/h9H,2,7H2,1,3-6H3. The predicted molar refractivity (Wildman–Crippen MR) is 59.4 cm³/mol. The monoisotopic (exact) mass is 216 g/mol. The Labute approximate surface area is 87.2 Å². The Hall–Kier alpha value is -0.613. The van der Waals surface area contributed by atoms with E-state index in [0.29, 0.717) is 5.57 Å². The van der Waals surface area contributed by atoms with Crippen LogP contribution in [-0.2, 0) is 14.0 Å². The minimum atomic E-state index is -1.65. The van der Waals surface area contributed by atoms with Gasteiger partial charge in [0.1, 0.15) is 0 Å². The van der Waals surface area contributed by atoms with E-state index in [1.807, 2.05) is 0 Å². The Bertz CT molecular complexity index is 223. The summed E-state index contributed by atoms with van der Waals surface area (Å²) < 4.78 is 10.7. The summed E-state index contributed by atoms with van der Waals surface area (Å²) in [5.41, 5.74) is 0.399. The van der Waals surface area contributed by atoms with Gasteiger partial charge in [0.05, 0.1) is 0 Å². The molecule has 0 aliphatic carbocycles. The Morgan fingerprint density at radius 3 is 2.36 bits per heavy atom. The van der Waals surface area contributed by atoms with Crippen LogP contribution in [0.25, 0.3) is 0 Å². The zero-order chi connectivity index (χ0) is 11.4. The lowest BCUT2D eigenvalue weighted by molar-refractivity contribution is -0.157. The highest BCUT2D eigenvalue weighted by atomic mass is 28.4. The molecule has 0 aliphatic heterocycles. The highest BCUT2D eigenvalue weighted by molar-refractivity contribution is 6.71. The van der Waals surface area contributed by atoms with Gasteiger partial charge in [0.15, 0.2) is 14.6 Å². The van der Waals surface area contributed by atoms with Gasteiger partial charge in [-0.05, 0) is 33.0 Å². The molecule has 0 N–H and O–H groups in total. The van der Waals surface area contributed by atoms with Crippen molar-refractivity contribution in [3.8, 4) is 0 Å². The lowest BCUT2D eigenvalue weighted by Crippen LogP contribution is -2.35. The highest BCUT2D eigenvalue weighted by Crippen LogP contribution is 2.14. The van der Waals surface area contributed by atoms with Gasteiger partial charge < -0.3 is 9.16 Å². The Morgan fingerprint density at radius 1 is 1.50 bits per heavy atom. The summed E-state index contributed by atoms with van der Waals surface area (Å²) in [6.45, 7) is 13.1. The van der Waals surface area contributed by atoms with Gasteiger partial charge in [-0.1, -0.05) is 13.5 Å². The third kappa shape index (κ3) is 5.19. The molecule has 0 heterocycles. The van der Waals surface area contributed by atoms with Gasteiger partial charge >= 0.3 is 5.97 Å². The van der Waals surface area contributed by atoms with Crippen molar-refractivity contribution in [3.05, 3.63) is 12.2 Å². The minimum absolute atomic E-state index is 0.390. The molecule has 3 nitrogen and oxygen atoms in total. The molecule has 0 saturated carbocycles. The lowest BCUT2D eigenvalue weighted by atomic mass is 10.4. The molecule has 0 saturated heterocycles. The molecular formula is C10H20O3Si. The topological polar surface area (TPSA) is 35.5 Å². The molecule has 0 aromatic rings. The van der Waals surface area contributed by atoms with Crippen molar-refractivity contribution < 1.29 is 14.0 Å². The minimum Gasteiger partial charge on any atom is -0.434 e. The molecule has 0 aliphatic rings. The number of ether oxygens (including phenoxy) is 1. The number of carbonyl (C=O) groups excluding carboxylic acids is 1. The van der Waals surface area contributed by atoms with Gasteiger partial charge in [0.25, 0.3) is 0 Å². The maximum Gasteiger partial charge on any atom is 0.335 e. The van der Waals surface area contributed by atoms with E-state index in [9.17, 15) is 4.79 Å². The van der Waals surface area contributed by atoms with Crippen LogP contribution in [0.5, 0.6) is 0 Å². The van der Waals surface area contributed by atoms with Crippen LogP contribution < -0.4 is 0 Å². The molecule has 0 spiro atoms. The summed E-state index contributed by atoms with van der Waals surface area (Å²) >= 11 is 0. The summed E-state index contributed by atoms with van der Waals surface area (Å²) in [5, 5.41) is 0. The van der Waals surface area contributed by atoms with Gasteiger partial charge in [-0.3, -0.25) is 0 Å². The number of hydrogen-bond donors (Lipinski definition) is 0. The molecule has 0 radical (unpaired) electrons. The Morgan fingerprint density at radius 2 is 2.00 bits per heavy atom. The molecular weight excluding hydrogens is 196 g/mol. The molecule has 1 unspecified atom stereocenters. The van der Waals surface area contributed by atoms with Crippen LogP contribution in [0.1, 0.15) is 20.8 Å². The van der Waals surface area contributed by atoms with Gasteiger partial charge in [-0.15, -0.1) is 0 Å². The van der Waals surface area contributed by atoms with E-state index in [2.05, 4.69) is 26.6 Å². The van der Waals surface area contributed by atoms with Crippen LogP contribution in [0.15, 0.2) is 12.2 Å². The number of esters is 1. The Balaban J connectivity index is 4.05. The van der Waals surface area contributed by atoms with E-state index in [-0.39, 0.29) is 0 Å². The van der Waals surface area contributed by atoms with E-state index in [0.717, 1.165) is 6.04 Å². The van der Waals surface area contributed by atoms with Gasteiger partial charge in [-0.25, -0.2) is 4.79 Å². The van der Waals surface area contributed by atoms with Gasteiger partial charge in [-0.2, -0.15) is 0 Å². The fourth-order valence-corrected chi connectivity index (χ4v) is 1.92. The van der Waals surface area contributed by atoms with Crippen LogP contribution in [0, 0.1) is 0 Å². The fraction of sp³-hybridized carbons (Fsp3) is 0.700. The van der Waals surface area contributed by atoms with E-state index in [1.165, 1.54) is 0 Å². The van der Waals surface area contributed by atoms with Gasteiger partial charge in [0, 0.05) is 5.57 Å². The second-order valence-electron chi connectivity index (χ2n) is 3.98. The molecule has 0 aromatic heterocycles. The van der Waals surface area contributed by atoms with Crippen LogP contribution in [0.2, 0.25) is 19.1 Å². The first-order valence-corrected chi connectivity index (χ1v) is 7.94. The first-order valence-electron chi connectivity index (χ1n) is 4.83. The second-order valence-corrected chi connectivity index (χ2v) is 8.45. The molecule has 0 aromatic carbocycles. The first kappa shape index (κ1) is 13.4. The van der Waals surface area contributed by atoms with Crippen molar-refractivity contribution in [2.75, 3.05) is 0 Å². The maximum absolute atomic E-state index is 11.1. The summed E-state index contributed by atoms with van der Waals surface area (Å²) in [4.78, 5) is 11.1. The SMILES string of the molecule is C=C(C)C(=O)OC(C)O[Si](C)(C)CC. The largest absolute Gasteiger partial charge is 0.434 e. The zero-order valence-electron chi connectivity index (χ0n) is 9.72. The first-order chi connectivity index (χ1) is 6.28. The quantitative estimate of drug-likeness (QED) is 0.307. The Kier molecular flexibility index (Phi) is 5.08. The number of hydrogen-bond acceptors (Lipinski definition) is 3. The van der Waals surface area contributed by atoms with Crippen molar-refractivity contribution >= 4 is 14.3 Å². The average Bonchev–Trinajstić information content (AvgIpc) is 2.02. The van der Waals surface area contributed by atoms with E-state index in [1.54, 1.807) is 13.8 Å². The zero-order valence-corrected chi connectivity index (χ0v) is 10.7. The summed E-state index contributed by atoms with van der Waals surface area (Å²) in [7, 11) is -1.65. The van der Waals surface area contributed by atoms with Gasteiger partial charge in [0.2, 0.25) is 0 Å². The van der Waals surface area contributed by atoms with E-state index in [4.69, 9.17) is 9.16 Å². The lowest BCUT2D eigenvalue weighted by Gasteiger charge is -2.25. The van der Waals surface area contributed by atoms with E-state index >= 15 is 0 Å². The molecule has 4 heteroatoms. The van der Waals surface area contributed by atoms with Crippen LogP contribution in [0.4, 0.5) is 0 Å². The molecule has 0 bridgehead atoms. The van der Waals surface area contributed by atoms with Crippen molar-refractivity contribution in [1.82, 2.24) is 0 Å². The summed E-state index contributed by atoms with van der Waals surface area (Å²) in [5.74, 6) is -0.390. The van der Waals surface area contributed by atoms with Crippen LogP contribution in [-0.4, -0.2) is 20.6 Å². The molecule has 1 atom stereocenters. The third-order valence-electron chi connectivity index (χ3n) is 1.96. The number of carbonyl (C=O) groups is 1. The summed E-state index contributed by atoms with van der Waals surface area (Å²) in [6.07, 6.45) is -0.471. The molecule has 14 heavy (non-hydrogen) atoms. The van der Waals surface area contributed by atoms with Crippen LogP contribution >= 0.6 is 0 Å².